The lowest BCUT2D eigenvalue weighted by molar-refractivity contribution is 0.612. The normalized spacial score (nSPS) is 11.2. The van der Waals surface area contributed by atoms with Gasteiger partial charge in [0.15, 0.2) is 0 Å². The number of nitrogens with one attached hydrogen (secondary N) is 1. The number of hydrogen-bond acceptors (Lipinski definition) is 3. The van der Waals surface area contributed by atoms with Gasteiger partial charge in [0.2, 0.25) is 0 Å². The van der Waals surface area contributed by atoms with Crippen LogP contribution in [0.2, 0.25) is 5.15 Å². The van der Waals surface area contributed by atoms with Gasteiger partial charge in [0.1, 0.15) is 5.15 Å². The van der Waals surface area contributed by atoms with Crippen LogP contribution in [0.5, 0.6) is 0 Å². The summed E-state index contributed by atoms with van der Waals surface area (Å²) in [4.78, 5) is 26.6. The van der Waals surface area contributed by atoms with Crippen molar-refractivity contribution in [3.8, 4) is 0 Å². The van der Waals surface area contributed by atoms with Crippen LogP contribution in [-0.4, -0.2) is 9.55 Å². The average molecular weight is 299 g/mol. The van der Waals surface area contributed by atoms with Crippen LogP contribution >= 0.6 is 22.9 Å². The average Bonchev–Trinajstić information content (AvgIpc) is 2.80. The first-order chi connectivity index (χ1) is 9.00. The molecular weight excluding hydrogens is 284 g/mol. The number of aryl methyl sites for hydroxylation is 1. The second kappa shape index (κ2) is 5.75. The molecule has 0 aliphatic heterocycles. The molecule has 19 heavy (non-hydrogen) atoms. The lowest BCUT2D eigenvalue weighted by atomic mass is 10.1. The van der Waals surface area contributed by atoms with Crippen molar-refractivity contribution < 1.29 is 0 Å². The van der Waals surface area contributed by atoms with E-state index in [-0.39, 0.29) is 16.6 Å². The highest BCUT2D eigenvalue weighted by atomic mass is 35.5. The number of H-pyrrole nitrogens is 1. The maximum atomic E-state index is 12.3. The third-order valence-electron chi connectivity index (χ3n) is 2.96. The number of thiophene rings is 1. The van der Waals surface area contributed by atoms with Gasteiger partial charge in [-0.1, -0.05) is 25.4 Å². The number of aromatic nitrogens is 2. The van der Waals surface area contributed by atoms with Gasteiger partial charge in [-0.2, -0.15) is 11.3 Å². The zero-order chi connectivity index (χ0) is 14.0. The highest BCUT2D eigenvalue weighted by molar-refractivity contribution is 7.07. The number of rotatable bonds is 4. The molecule has 0 saturated carbocycles. The summed E-state index contributed by atoms with van der Waals surface area (Å²) in [7, 11) is 0. The lowest BCUT2D eigenvalue weighted by Gasteiger charge is -2.10. The smallest absolute Gasteiger partial charge is 0.297 e. The first-order valence-electron chi connectivity index (χ1n) is 6.04. The maximum Gasteiger partial charge on any atom is 0.329 e. The van der Waals surface area contributed by atoms with E-state index in [1.807, 2.05) is 30.7 Å². The van der Waals surface area contributed by atoms with E-state index in [1.54, 1.807) is 11.3 Å². The monoisotopic (exact) mass is 298 g/mol. The largest absolute Gasteiger partial charge is 0.329 e. The predicted octanol–water partition coefficient (Wildman–Crippen LogP) is 2.62. The van der Waals surface area contributed by atoms with Gasteiger partial charge in [-0.3, -0.25) is 14.3 Å². The fourth-order valence-electron chi connectivity index (χ4n) is 1.94. The highest BCUT2D eigenvalue weighted by Crippen LogP contribution is 2.16. The van der Waals surface area contributed by atoms with Gasteiger partial charge in [0, 0.05) is 6.54 Å². The summed E-state index contributed by atoms with van der Waals surface area (Å²) in [5.74, 6) is -0.0238. The molecule has 2 aromatic rings. The molecule has 0 radical (unpaired) electrons. The fourth-order valence-corrected chi connectivity index (χ4v) is 3.02. The molecule has 0 aromatic carbocycles. The van der Waals surface area contributed by atoms with E-state index in [9.17, 15) is 9.59 Å². The van der Waals surface area contributed by atoms with Crippen molar-refractivity contribution in [1.29, 1.82) is 0 Å². The van der Waals surface area contributed by atoms with E-state index >= 15 is 0 Å². The summed E-state index contributed by atoms with van der Waals surface area (Å²) in [5.41, 5.74) is 0.845. The lowest BCUT2D eigenvalue weighted by Crippen LogP contribution is -2.38. The van der Waals surface area contributed by atoms with Gasteiger partial charge in [-0.25, -0.2) is 4.79 Å². The summed E-state index contributed by atoms with van der Waals surface area (Å²) >= 11 is 7.53. The zero-order valence-corrected chi connectivity index (χ0v) is 12.3. The summed E-state index contributed by atoms with van der Waals surface area (Å²) in [6.45, 7) is 4.12. The first-order valence-corrected chi connectivity index (χ1v) is 7.36. The Labute approximate surface area is 119 Å². The van der Waals surface area contributed by atoms with Crippen molar-refractivity contribution in [3.05, 3.63) is 53.9 Å². The number of nitrogens with zero attached hydrogens (tertiary/aromatic N) is 1. The van der Waals surface area contributed by atoms with Crippen LogP contribution in [0.25, 0.3) is 0 Å². The Hall–Kier alpha value is -1.33. The first kappa shape index (κ1) is 14.1. The predicted molar refractivity (Wildman–Crippen MR) is 78.4 cm³/mol. The molecule has 2 heterocycles. The van der Waals surface area contributed by atoms with Gasteiger partial charge in [-0.05, 0) is 34.7 Å². The van der Waals surface area contributed by atoms with E-state index < -0.39 is 5.69 Å². The molecule has 0 aliphatic rings. The third-order valence-corrected chi connectivity index (χ3v) is 3.99. The van der Waals surface area contributed by atoms with E-state index in [2.05, 4.69) is 4.98 Å². The van der Waals surface area contributed by atoms with E-state index in [4.69, 9.17) is 11.6 Å². The molecule has 0 aliphatic carbocycles. The standard InChI is InChI=1S/C13H15ClN2O2S/c1-8(2)10-11(14)15-13(18)16(12(10)17)5-3-9-4-6-19-7-9/h4,6-8H,3,5H2,1-2H3,(H,15,18). The Balaban J connectivity index is 2.37. The van der Waals surface area contributed by atoms with Gasteiger partial charge in [0.25, 0.3) is 5.56 Å². The van der Waals surface area contributed by atoms with Crippen LogP contribution in [0.1, 0.15) is 30.9 Å². The van der Waals surface area contributed by atoms with Crippen molar-refractivity contribution in [2.24, 2.45) is 0 Å². The molecule has 0 amide bonds. The molecule has 0 bridgehead atoms. The maximum absolute atomic E-state index is 12.3. The van der Waals surface area contributed by atoms with Crippen molar-refractivity contribution >= 4 is 22.9 Å². The molecule has 0 atom stereocenters. The van der Waals surface area contributed by atoms with E-state index in [0.29, 0.717) is 18.5 Å². The fraction of sp³-hybridized carbons (Fsp3) is 0.385. The van der Waals surface area contributed by atoms with Crippen LogP contribution in [0, 0.1) is 0 Å². The molecule has 2 rings (SSSR count). The Bertz CT molecular complexity index is 671. The minimum atomic E-state index is -0.449. The molecule has 1 N–H and O–H groups in total. The van der Waals surface area contributed by atoms with Crippen LogP contribution in [-0.2, 0) is 13.0 Å². The molecule has 0 fully saturated rings. The molecule has 0 unspecified atom stereocenters. The molecule has 0 saturated heterocycles. The van der Waals surface area contributed by atoms with Crippen LogP contribution in [0.15, 0.2) is 26.4 Å². The van der Waals surface area contributed by atoms with Gasteiger partial charge in [0.05, 0.1) is 5.56 Å². The molecule has 4 nitrogen and oxygen atoms in total. The number of halogens is 1. The number of aromatic amines is 1. The van der Waals surface area contributed by atoms with Crippen LogP contribution in [0.4, 0.5) is 0 Å². The Morgan fingerprint density at radius 1 is 1.42 bits per heavy atom. The van der Waals surface area contributed by atoms with Gasteiger partial charge >= 0.3 is 5.69 Å². The molecular formula is C13H15ClN2O2S. The highest BCUT2D eigenvalue weighted by Gasteiger charge is 2.15. The summed E-state index contributed by atoms with van der Waals surface area (Å²) in [6, 6.07) is 1.99. The Kier molecular flexibility index (Phi) is 4.27. The minimum Gasteiger partial charge on any atom is -0.297 e. The molecule has 2 aromatic heterocycles. The second-order valence-corrected chi connectivity index (χ2v) is 5.81. The van der Waals surface area contributed by atoms with Crippen LogP contribution in [0.3, 0.4) is 0 Å². The van der Waals surface area contributed by atoms with Gasteiger partial charge < -0.3 is 0 Å². The minimum absolute atomic E-state index is 0.0238. The SMILES string of the molecule is CC(C)c1c(Cl)[nH]c(=O)n(CCc2ccsc2)c1=O. The van der Waals surface area contributed by atoms with E-state index in [0.717, 1.165) is 5.56 Å². The topological polar surface area (TPSA) is 54.9 Å². The van der Waals surface area contributed by atoms with Crippen molar-refractivity contribution in [2.75, 3.05) is 0 Å². The van der Waals surface area contributed by atoms with Crippen LogP contribution < -0.4 is 11.2 Å². The Morgan fingerprint density at radius 2 is 2.16 bits per heavy atom. The second-order valence-electron chi connectivity index (χ2n) is 4.65. The van der Waals surface area contributed by atoms with Crippen molar-refractivity contribution in [3.63, 3.8) is 0 Å². The van der Waals surface area contributed by atoms with Gasteiger partial charge in [-0.15, -0.1) is 0 Å². The zero-order valence-electron chi connectivity index (χ0n) is 10.8. The molecule has 6 heteroatoms. The quantitative estimate of drug-likeness (QED) is 0.882. The molecule has 0 spiro atoms. The summed E-state index contributed by atoms with van der Waals surface area (Å²) in [6.07, 6.45) is 0.658. The van der Waals surface area contributed by atoms with E-state index in [1.165, 1.54) is 4.57 Å². The van der Waals surface area contributed by atoms with Crippen molar-refractivity contribution in [1.82, 2.24) is 9.55 Å². The third kappa shape index (κ3) is 2.98. The summed E-state index contributed by atoms with van der Waals surface area (Å²) < 4.78 is 1.22. The molecule has 102 valence electrons. The summed E-state index contributed by atoms with van der Waals surface area (Å²) in [5, 5.41) is 4.14. The number of hydrogen-bond donors (Lipinski definition) is 1. The Morgan fingerprint density at radius 3 is 2.74 bits per heavy atom. The van der Waals surface area contributed by atoms with Crippen molar-refractivity contribution in [2.45, 2.75) is 32.7 Å².